The van der Waals surface area contributed by atoms with Crippen LogP contribution in [0.1, 0.15) is 5.82 Å². The Kier molecular flexibility index (Phi) is 4.06. The van der Waals surface area contributed by atoms with Crippen molar-refractivity contribution in [2.45, 2.75) is 18.3 Å². The summed E-state index contributed by atoms with van der Waals surface area (Å²) in [6.45, 7) is 0. The number of rotatable bonds is 4. The maximum Gasteiger partial charge on any atom is 0.426 e. The van der Waals surface area contributed by atoms with E-state index in [4.69, 9.17) is 0 Å². The number of nitrogens with zero attached hydrogens (tertiary/aromatic N) is 3. The van der Waals surface area contributed by atoms with Crippen LogP contribution >= 0.6 is 0 Å². The smallest absolute Gasteiger partial charge is 0.426 e. The van der Waals surface area contributed by atoms with Crippen molar-refractivity contribution in [3.8, 4) is 12.0 Å². The average molecular weight is 291 g/mol. The molecule has 0 saturated heterocycles. The van der Waals surface area contributed by atoms with Gasteiger partial charge in [-0.3, -0.25) is 0 Å². The van der Waals surface area contributed by atoms with Crippen molar-refractivity contribution < 1.29 is 35.8 Å². The predicted molar refractivity (Wildman–Crippen MR) is 47.8 cm³/mol. The first-order valence-electron chi connectivity index (χ1n) is 4.56. The van der Waals surface area contributed by atoms with Crippen molar-refractivity contribution in [1.29, 1.82) is 0 Å². The Morgan fingerprint density at radius 2 is 1.32 bits per heavy atom. The van der Waals surface area contributed by atoms with Crippen LogP contribution in [0.2, 0.25) is 0 Å². The number of methoxy groups -OCH3 is 2. The molecule has 5 nitrogen and oxygen atoms in total. The molecule has 0 saturated carbocycles. The summed E-state index contributed by atoms with van der Waals surface area (Å²) < 4.78 is 84.2. The van der Waals surface area contributed by atoms with Crippen LogP contribution in [0, 0.1) is 0 Å². The van der Waals surface area contributed by atoms with Crippen LogP contribution in [0.3, 0.4) is 0 Å². The third-order valence-corrected chi connectivity index (χ3v) is 1.86. The van der Waals surface area contributed by atoms with Gasteiger partial charge in [0.25, 0.3) is 6.17 Å². The lowest BCUT2D eigenvalue weighted by molar-refractivity contribution is -0.250. The first-order valence-corrected chi connectivity index (χ1v) is 4.56. The molecule has 0 aliphatic heterocycles. The lowest BCUT2D eigenvalue weighted by atomic mass is 10.2. The van der Waals surface area contributed by atoms with Gasteiger partial charge in [0.1, 0.15) is 0 Å². The van der Waals surface area contributed by atoms with E-state index in [0.29, 0.717) is 0 Å². The normalized spacial score (nSPS) is 14.1. The summed E-state index contributed by atoms with van der Waals surface area (Å²) in [6, 6.07) is -1.45. The molecule has 11 heteroatoms. The fraction of sp³-hybridized carbons (Fsp3) is 0.625. The second-order valence-corrected chi connectivity index (χ2v) is 3.16. The van der Waals surface area contributed by atoms with Gasteiger partial charge in [0.05, 0.1) is 14.2 Å². The molecule has 0 radical (unpaired) electrons. The fourth-order valence-corrected chi connectivity index (χ4v) is 0.989. The fourth-order valence-electron chi connectivity index (χ4n) is 0.989. The third-order valence-electron chi connectivity index (χ3n) is 1.86. The number of alkyl halides is 6. The molecule has 0 aliphatic rings. The van der Waals surface area contributed by atoms with Crippen LogP contribution in [0.4, 0.5) is 26.3 Å². The van der Waals surface area contributed by atoms with E-state index < -0.39 is 36.1 Å². The summed E-state index contributed by atoms with van der Waals surface area (Å²) in [5, 5.41) is 0. The number of hydrogen-bond acceptors (Lipinski definition) is 5. The maximum atomic E-state index is 13.3. The van der Waals surface area contributed by atoms with Crippen molar-refractivity contribution >= 4 is 0 Å². The molecular formula is C8H7F6N3O2. The minimum atomic E-state index is -5.77. The van der Waals surface area contributed by atoms with E-state index in [1.165, 1.54) is 0 Å². The molecule has 0 spiro atoms. The zero-order chi connectivity index (χ0) is 14.8. The van der Waals surface area contributed by atoms with Crippen LogP contribution in [0.5, 0.6) is 12.0 Å². The van der Waals surface area contributed by atoms with Gasteiger partial charge >= 0.3 is 24.1 Å². The van der Waals surface area contributed by atoms with Crippen molar-refractivity contribution in [3.63, 3.8) is 0 Å². The van der Waals surface area contributed by atoms with E-state index in [2.05, 4.69) is 24.4 Å². The van der Waals surface area contributed by atoms with Gasteiger partial charge in [0.2, 0.25) is 5.82 Å². The Balaban J connectivity index is 3.27. The van der Waals surface area contributed by atoms with Gasteiger partial charge in [-0.1, -0.05) is 0 Å². The van der Waals surface area contributed by atoms with Crippen molar-refractivity contribution in [2.75, 3.05) is 14.2 Å². The molecular weight excluding hydrogens is 284 g/mol. The van der Waals surface area contributed by atoms with E-state index >= 15 is 0 Å². The maximum absolute atomic E-state index is 13.3. The van der Waals surface area contributed by atoms with Gasteiger partial charge in [-0.25, -0.2) is 4.39 Å². The molecule has 0 aliphatic carbocycles. The monoisotopic (exact) mass is 291 g/mol. The van der Waals surface area contributed by atoms with Crippen molar-refractivity contribution in [3.05, 3.63) is 5.82 Å². The number of aromatic nitrogens is 3. The van der Waals surface area contributed by atoms with Crippen LogP contribution in [-0.2, 0) is 5.92 Å². The molecule has 0 fully saturated rings. The molecule has 0 aromatic carbocycles. The van der Waals surface area contributed by atoms with Gasteiger partial charge in [-0.15, -0.1) is 4.98 Å². The van der Waals surface area contributed by atoms with Crippen molar-refractivity contribution in [1.82, 2.24) is 15.0 Å². The molecule has 1 aromatic heterocycles. The van der Waals surface area contributed by atoms with Crippen LogP contribution in [0.25, 0.3) is 0 Å². The van der Waals surface area contributed by atoms with Crippen molar-refractivity contribution in [2.24, 2.45) is 0 Å². The number of hydrogen-bond donors (Lipinski definition) is 0. The van der Waals surface area contributed by atoms with Crippen LogP contribution in [0.15, 0.2) is 0 Å². The SMILES string of the molecule is COc1nc(OC)nc(C(F)(F)C(F)C(F)(F)F)n1. The highest BCUT2D eigenvalue weighted by Crippen LogP contribution is 2.40. The van der Waals surface area contributed by atoms with Gasteiger partial charge in [0.15, 0.2) is 0 Å². The largest absolute Gasteiger partial charge is 0.467 e. The molecule has 1 rings (SSSR count). The summed E-state index contributed by atoms with van der Waals surface area (Å²) in [7, 11) is 1.96. The predicted octanol–water partition coefficient (Wildman–Crippen LogP) is 1.88. The quantitative estimate of drug-likeness (QED) is 0.793. The topological polar surface area (TPSA) is 57.1 Å². The molecule has 0 bridgehead atoms. The molecule has 1 aromatic rings. The molecule has 1 heterocycles. The summed E-state index contributed by atoms with van der Waals surface area (Å²) in [5.41, 5.74) is 0. The second-order valence-electron chi connectivity index (χ2n) is 3.16. The highest BCUT2D eigenvalue weighted by atomic mass is 19.4. The highest BCUT2D eigenvalue weighted by molar-refractivity contribution is 5.11. The van der Waals surface area contributed by atoms with Gasteiger partial charge in [-0.2, -0.15) is 31.9 Å². The summed E-state index contributed by atoms with van der Waals surface area (Å²) >= 11 is 0. The Morgan fingerprint density at radius 3 is 1.63 bits per heavy atom. The van der Waals surface area contributed by atoms with E-state index in [0.717, 1.165) is 14.2 Å². The Labute approximate surface area is 102 Å². The molecule has 1 unspecified atom stereocenters. The highest BCUT2D eigenvalue weighted by Gasteiger charge is 2.59. The summed E-state index contributed by atoms with van der Waals surface area (Å²) in [6.07, 6.45) is -10.2. The molecule has 108 valence electrons. The molecule has 1 atom stereocenters. The zero-order valence-electron chi connectivity index (χ0n) is 9.50. The van der Waals surface area contributed by atoms with E-state index in [1.807, 2.05) is 0 Å². The molecule has 19 heavy (non-hydrogen) atoms. The van der Waals surface area contributed by atoms with Crippen LogP contribution in [-0.4, -0.2) is 41.5 Å². The first-order chi connectivity index (χ1) is 8.62. The summed E-state index contributed by atoms with van der Waals surface area (Å²) in [4.78, 5) is 9.09. The van der Waals surface area contributed by atoms with E-state index in [9.17, 15) is 26.3 Å². The molecule has 0 N–H and O–H groups in total. The Bertz CT molecular complexity index is 430. The lowest BCUT2D eigenvalue weighted by Crippen LogP contribution is -2.41. The van der Waals surface area contributed by atoms with Gasteiger partial charge in [0, 0.05) is 0 Å². The molecule has 0 amide bonds. The lowest BCUT2D eigenvalue weighted by Gasteiger charge is -2.21. The average Bonchev–Trinajstić information content (AvgIpc) is 2.35. The number of halogens is 6. The Hall–Kier alpha value is -1.81. The van der Waals surface area contributed by atoms with Gasteiger partial charge in [-0.05, 0) is 0 Å². The summed E-state index contributed by atoms with van der Waals surface area (Å²) in [5.74, 6) is -6.73. The Morgan fingerprint density at radius 1 is 0.895 bits per heavy atom. The second kappa shape index (κ2) is 5.05. The van der Waals surface area contributed by atoms with Gasteiger partial charge < -0.3 is 9.47 Å². The zero-order valence-corrected chi connectivity index (χ0v) is 9.50. The minimum absolute atomic E-state index is 0.726. The number of ether oxygens (including phenoxy) is 2. The minimum Gasteiger partial charge on any atom is -0.467 e. The first kappa shape index (κ1) is 15.2. The van der Waals surface area contributed by atoms with E-state index in [-0.39, 0.29) is 0 Å². The standard InChI is InChI=1S/C8H7F6N3O2/c1-18-5-15-4(16-6(17-5)19-2)7(10,11)3(9)8(12,13)14/h3H,1-2H3. The third kappa shape index (κ3) is 3.15. The van der Waals surface area contributed by atoms with E-state index in [1.54, 1.807) is 0 Å². The van der Waals surface area contributed by atoms with Crippen LogP contribution < -0.4 is 9.47 Å².